The number of carbonyl (C=O) groups excluding carboxylic acids is 1. The van der Waals surface area contributed by atoms with Gasteiger partial charge in [0.05, 0.1) is 53.4 Å². The second-order valence-electron chi connectivity index (χ2n) is 9.77. The predicted octanol–water partition coefficient (Wildman–Crippen LogP) is 3.88. The summed E-state index contributed by atoms with van der Waals surface area (Å²) in [5.41, 5.74) is 1.97. The fraction of sp³-hybridized carbons (Fsp3) is 0.444. The van der Waals surface area contributed by atoms with Crippen molar-refractivity contribution in [1.29, 1.82) is 0 Å². The minimum atomic E-state index is -1.09. The summed E-state index contributed by atoms with van der Waals surface area (Å²) in [6.45, 7) is 6.28. The van der Waals surface area contributed by atoms with Crippen LogP contribution in [0.25, 0.3) is 16.9 Å². The molecule has 4 heterocycles. The maximum Gasteiger partial charge on any atom is 0.254 e. The van der Waals surface area contributed by atoms with Crippen molar-refractivity contribution in [2.75, 3.05) is 38.2 Å². The molecule has 0 saturated carbocycles. The van der Waals surface area contributed by atoms with Crippen LogP contribution in [-0.2, 0) is 4.74 Å². The van der Waals surface area contributed by atoms with Gasteiger partial charge in [0, 0.05) is 38.5 Å². The van der Waals surface area contributed by atoms with Crippen LogP contribution >= 0.6 is 0 Å². The van der Waals surface area contributed by atoms with Crippen LogP contribution in [0.5, 0.6) is 0 Å². The largest absolute Gasteiger partial charge is 0.380 e. The van der Waals surface area contributed by atoms with E-state index in [-0.39, 0.29) is 17.2 Å². The zero-order valence-electron chi connectivity index (χ0n) is 21.4. The number of rotatable bonds is 7. The molecular formula is C27H31F3N6O2. The number of aromatic nitrogens is 3. The lowest BCUT2D eigenvalue weighted by molar-refractivity contribution is 0.0789. The number of alkyl halides is 1. The maximum atomic E-state index is 15.0. The van der Waals surface area contributed by atoms with Crippen molar-refractivity contribution in [3.8, 4) is 16.9 Å². The molecule has 0 spiro atoms. The molecule has 2 fully saturated rings. The van der Waals surface area contributed by atoms with E-state index in [0.717, 1.165) is 19.6 Å². The molecule has 8 nitrogen and oxygen atoms in total. The number of halogens is 3. The Bertz CT molecular complexity index is 1310. The van der Waals surface area contributed by atoms with Crippen molar-refractivity contribution in [3.05, 3.63) is 59.8 Å². The lowest BCUT2D eigenvalue weighted by Crippen LogP contribution is -2.51. The first kappa shape index (κ1) is 26.2. The molecule has 2 aromatic heterocycles. The number of nitrogens with one attached hydrogen (secondary N) is 2. The van der Waals surface area contributed by atoms with Crippen LogP contribution in [0.1, 0.15) is 35.7 Å². The smallest absolute Gasteiger partial charge is 0.254 e. The molecule has 2 aliphatic heterocycles. The third-order valence-corrected chi connectivity index (χ3v) is 7.19. The summed E-state index contributed by atoms with van der Waals surface area (Å²) in [5.74, 6) is -1.86. The SMILES string of the molecule is CCNC(=O)c1cc(-n2cnc(-c3cc(NC4CCN(C5CCOC5)CC4F)cnc3F)c2)c(C)cc1F. The lowest BCUT2D eigenvalue weighted by Gasteiger charge is -2.38. The summed E-state index contributed by atoms with van der Waals surface area (Å²) in [6, 6.07) is 4.14. The lowest BCUT2D eigenvalue weighted by atomic mass is 10.0. The van der Waals surface area contributed by atoms with Crippen molar-refractivity contribution in [2.45, 2.75) is 44.9 Å². The zero-order valence-corrected chi connectivity index (χ0v) is 21.4. The average Bonchev–Trinajstić information content (AvgIpc) is 3.59. The summed E-state index contributed by atoms with van der Waals surface area (Å²) in [4.78, 5) is 22.6. The highest BCUT2D eigenvalue weighted by Gasteiger charge is 2.34. The fourth-order valence-corrected chi connectivity index (χ4v) is 5.12. The molecule has 2 N–H and O–H groups in total. The quantitative estimate of drug-likeness (QED) is 0.453. The summed E-state index contributed by atoms with van der Waals surface area (Å²) in [5, 5.41) is 5.78. The van der Waals surface area contributed by atoms with Gasteiger partial charge in [-0.2, -0.15) is 4.39 Å². The van der Waals surface area contributed by atoms with E-state index in [9.17, 15) is 13.6 Å². The topological polar surface area (TPSA) is 84.3 Å². The third-order valence-electron chi connectivity index (χ3n) is 7.19. The van der Waals surface area contributed by atoms with Crippen LogP contribution < -0.4 is 10.6 Å². The summed E-state index contributed by atoms with van der Waals surface area (Å²) in [7, 11) is 0. The molecular weight excluding hydrogens is 497 g/mol. The molecule has 1 amide bonds. The number of piperidine rings is 1. The average molecular weight is 529 g/mol. The van der Waals surface area contributed by atoms with Gasteiger partial charge in [-0.15, -0.1) is 0 Å². The van der Waals surface area contributed by atoms with E-state index in [0.29, 0.717) is 48.7 Å². The number of hydrogen-bond acceptors (Lipinski definition) is 6. The van der Waals surface area contributed by atoms with Gasteiger partial charge in [-0.1, -0.05) is 0 Å². The molecule has 3 aromatic rings. The number of likely N-dealkylation sites (tertiary alicyclic amines) is 1. The van der Waals surface area contributed by atoms with E-state index in [2.05, 4.69) is 25.5 Å². The Balaban J connectivity index is 1.34. The van der Waals surface area contributed by atoms with E-state index in [4.69, 9.17) is 4.74 Å². The van der Waals surface area contributed by atoms with Gasteiger partial charge in [-0.05, 0) is 50.5 Å². The monoisotopic (exact) mass is 528 g/mol. The van der Waals surface area contributed by atoms with Crippen molar-refractivity contribution >= 4 is 11.6 Å². The number of pyridine rings is 1. The summed E-state index contributed by atoms with van der Waals surface area (Å²) in [6.07, 6.45) is 4.85. The van der Waals surface area contributed by atoms with Gasteiger partial charge < -0.3 is 19.9 Å². The number of hydrogen-bond donors (Lipinski definition) is 2. The second-order valence-corrected chi connectivity index (χ2v) is 9.77. The van der Waals surface area contributed by atoms with Crippen LogP contribution in [-0.4, -0.2) is 76.4 Å². The molecule has 202 valence electrons. The molecule has 11 heteroatoms. The summed E-state index contributed by atoms with van der Waals surface area (Å²) < 4.78 is 51.2. The number of benzene rings is 1. The van der Waals surface area contributed by atoms with Crippen molar-refractivity contribution in [2.24, 2.45) is 0 Å². The Hall–Kier alpha value is -3.44. The number of aryl methyl sites for hydroxylation is 1. The molecule has 5 rings (SSSR count). The van der Waals surface area contributed by atoms with Gasteiger partial charge >= 0.3 is 0 Å². The van der Waals surface area contributed by atoms with Crippen molar-refractivity contribution in [1.82, 2.24) is 24.8 Å². The van der Waals surface area contributed by atoms with E-state index in [1.54, 1.807) is 30.7 Å². The van der Waals surface area contributed by atoms with E-state index in [1.807, 2.05) is 0 Å². The van der Waals surface area contributed by atoms with Crippen LogP contribution in [0.3, 0.4) is 0 Å². The van der Waals surface area contributed by atoms with Crippen LogP contribution in [0.2, 0.25) is 0 Å². The van der Waals surface area contributed by atoms with Gasteiger partial charge in [0.25, 0.3) is 5.91 Å². The highest BCUT2D eigenvalue weighted by atomic mass is 19.1. The van der Waals surface area contributed by atoms with Gasteiger partial charge in [-0.3, -0.25) is 9.69 Å². The fourth-order valence-electron chi connectivity index (χ4n) is 5.12. The van der Waals surface area contributed by atoms with Crippen LogP contribution in [0.4, 0.5) is 18.9 Å². The van der Waals surface area contributed by atoms with Crippen molar-refractivity contribution in [3.63, 3.8) is 0 Å². The summed E-state index contributed by atoms with van der Waals surface area (Å²) >= 11 is 0. The van der Waals surface area contributed by atoms with Crippen LogP contribution in [0, 0.1) is 18.7 Å². The number of ether oxygens (including phenoxy) is 1. The molecule has 0 aliphatic carbocycles. The number of carbonyl (C=O) groups is 1. The van der Waals surface area contributed by atoms with Gasteiger partial charge in [0.1, 0.15) is 12.0 Å². The number of nitrogens with zero attached hydrogens (tertiary/aromatic N) is 4. The van der Waals surface area contributed by atoms with Crippen molar-refractivity contribution < 1.29 is 22.7 Å². The standard InChI is InChI=1S/C27H31F3N6O2/c1-3-31-27(37)19-10-25(16(2)8-21(19)28)36-13-24(33-15-36)20-9-17(11-32-26(20)30)34-23-4-6-35(12-22(23)29)18-5-7-38-14-18/h8-11,13,15,18,22-23,34H,3-7,12,14H2,1-2H3,(H,31,37). The third kappa shape index (κ3) is 5.39. The number of amides is 1. The van der Waals surface area contributed by atoms with Gasteiger partial charge in [0.2, 0.25) is 5.95 Å². The first-order chi connectivity index (χ1) is 18.3. The van der Waals surface area contributed by atoms with E-state index in [1.165, 1.54) is 24.7 Å². The normalized spacial score (nSPS) is 22.0. The van der Waals surface area contributed by atoms with E-state index < -0.39 is 29.9 Å². The van der Waals surface area contributed by atoms with Crippen LogP contribution in [0.15, 0.2) is 36.9 Å². The Kier molecular flexibility index (Phi) is 7.66. The van der Waals surface area contributed by atoms with Gasteiger partial charge in [-0.25, -0.2) is 18.7 Å². The first-order valence-corrected chi connectivity index (χ1v) is 12.8. The zero-order chi connectivity index (χ0) is 26.8. The Morgan fingerprint density at radius 3 is 2.79 bits per heavy atom. The molecule has 0 radical (unpaired) electrons. The Morgan fingerprint density at radius 1 is 1.21 bits per heavy atom. The molecule has 38 heavy (non-hydrogen) atoms. The number of anilines is 1. The molecule has 3 atom stereocenters. The predicted molar refractivity (Wildman–Crippen MR) is 137 cm³/mol. The molecule has 2 aliphatic rings. The number of imidazole rings is 1. The van der Waals surface area contributed by atoms with Gasteiger partial charge in [0.15, 0.2) is 0 Å². The molecule has 3 unspecified atom stereocenters. The van der Waals surface area contributed by atoms with E-state index >= 15 is 4.39 Å². The Labute approximate surface area is 219 Å². The minimum Gasteiger partial charge on any atom is -0.380 e. The highest BCUT2D eigenvalue weighted by Crippen LogP contribution is 2.28. The first-order valence-electron chi connectivity index (χ1n) is 12.8. The highest BCUT2D eigenvalue weighted by molar-refractivity contribution is 5.95. The second kappa shape index (κ2) is 11.1. The Morgan fingerprint density at radius 2 is 2.05 bits per heavy atom. The minimum absolute atomic E-state index is 0.0889. The molecule has 2 saturated heterocycles. The maximum absolute atomic E-state index is 15.0. The molecule has 1 aromatic carbocycles. The molecule has 0 bridgehead atoms.